The first kappa shape index (κ1) is 16.3. The number of nitrogens with one attached hydrogen (secondary N) is 1. The Kier molecular flexibility index (Phi) is 5.86. The SMILES string of the molecule is Cc1cccc(C)c1NCCCCC(C)(C)/C(N)=N/O. The highest BCUT2D eigenvalue weighted by Crippen LogP contribution is 2.24. The maximum absolute atomic E-state index is 8.73. The van der Waals surface area contributed by atoms with Gasteiger partial charge >= 0.3 is 0 Å². The molecule has 0 saturated carbocycles. The van der Waals surface area contributed by atoms with Crippen LogP contribution in [0.15, 0.2) is 23.4 Å². The summed E-state index contributed by atoms with van der Waals surface area (Å²) < 4.78 is 0. The third-order valence-electron chi connectivity index (χ3n) is 3.81. The highest BCUT2D eigenvalue weighted by molar-refractivity contribution is 5.85. The van der Waals surface area contributed by atoms with Crippen molar-refractivity contribution >= 4 is 11.5 Å². The van der Waals surface area contributed by atoms with Gasteiger partial charge in [0.1, 0.15) is 5.84 Å². The normalized spacial score (nSPS) is 12.5. The Morgan fingerprint density at radius 3 is 2.40 bits per heavy atom. The van der Waals surface area contributed by atoms with E-state index in [2.05, 4.69) is 42.5 Å². The van der Waals surface area contributed by atoms with Crippen LogP contribution in [0.4, 0.5) is 5.69 Å². The summed E-state index contributed by atoms with van der Waals surface area (Å²) >= 11 is 0. The molecular weight excluding hydrogens is 250 g/mol. The zero-order chi connectivity index (χ0) is 15.2. The molecule has 0 saturated heterocycles. The number of aryl methyl sites for hydroxylation is 2. The van der Waals surface area contributed by atoms with Gasteiger partial charge in [0.2, 0.25) is 0 Å². The van der Waals surface area contributed by atoms with Crippen LogP contribution in [0.25, 0.3) is 0 Å². The van der Waals surface area contributed by atoms with Crippen molar-refractivity contribution in [3.63, 3.8) is 0 Å². The summed E-state index contributed by atoms with van der Waals surface area (Å²) in [5.41, 5.74) is 9.24. The first-order valence-electron chi connectivity index (χ1n) is 7.16. The van der Waals surface area contributed by atoms with Crippen LogP contribution in [0, 0.1) is 19.3 Å². The van der Waals surface area contributed by atoms with E-state index in [1.807, 2.05) is 13.8 Å². The Hall–Kier alpha value is -1.71. The van der Waals surface area contributed by atoms with Crippen LogP contribution in [0.3, 0.4) is 0 Å². The monoisotopic (exact) mass is 277 g/mol. The second-order valence-corrected chi connectivity index (χ2v) is 6.02. The average Bonchev–Trinajstić information content (AvgIpc) is 2.40. The van der Waals surface area contributed by atoms with Crippen LogP contribution in [-0.4, -0.2) is 17.6 Å². The summed E-state index contributed by atoms with van der Waals surface area (Å²) in [5.74, 6) is 0.306. The topological polar surface area (TPSA) is 70.6 Å². The standard InChI is InChI=1S/C16H27N3O/c1-12-8-7-9-13(2)14(12)18-11-6-5-10-16(3,4)15(17)19-20/h7-9,18,20H,5-6,10-11H2,1-4H3,(H2,17,19). The molecule has 0 fully saturated rings. The Balaban J connectivity index is 2.36. The summed E-state index contributed by atoms with van der Waals surface area (Å²) in [5, 5.41) is 15.3. The van der Waals surface area contributed by atoms with Crippen molar-refractivity contribution in [2.24, 2.45) is 16.3 Å². The smallest absolute Gasteiger partial charge is 0.144 e. The lowest BCUT2D eigenvalue weighted by Crippen LogP contribution is -2.31. The van der Waals surface area contributed by atoms with Crippen LogP contribution >= 0.6 is 0 Å². The van der Waals surface area contributed by atoms with Gasteiger partial charge in [-0.3, -0.25) is 0 Å². The predicted molar refractivity (Wildman–Crippen MR) is 85.4 cm³/mol. The van der Waals surface area contributed by atoms with Crippen LogP contribution in [-0.2, 0) is 0 Å². The molecule has 0 aromatic heterocycles. The average molecular weight is 277 g/mol. The minimum atomic E-state index is -0.243. The largest absolute Gasteiger partial charge is 0.409 e. The van der Waals surface area contributed by atoms with Gasteiger partial charge in [0.25, 0.3) is 0 Å². The fourth-order valence-electron chi connectivity index (χ4n) is 2.26. The van der Waals surface area contributed by atoms with Gasteiger partial charge in [-0.05, 0) is 37.8 Å². The van der Waals surface area contributed by atoms with E-state index in [1.54, 1.807) is 0 Å². The molecule has 1 aromatic rings. The van der Waals surface area contributed by atoms with E-state index >= 15 is 0 Å². The molecule has 0 aliphatic heterocycles. The number of amidine groups is 1. The van der Waals surface area contributed by atoms with Gasteiger partial charge < -0.3 is 16.3 Å². The van der Waals surface area contributed by atoms with E-state index in [4.69, 9.17) is 10.9 Å². The van der Waals surface area contributed by atoms with Crippen molar-refractivity contribution in [3.8, 4) is 0 Å². The Labute approximate surface area is 122 Å². The second kappa shape index (κ2) is 7.17. The summed E-state index contributed by atoms with van der Waals surface area (Å²) in [6.45, 7) is 9.19. The van der Waals surface area contributed by atoms with Crippen molar-refractivity contribution in [2.45, 2.75) is 47.0 Å². The number of para-hydroxylation sites is 1. The Morgan fingerprint density at radius 2 is 1.85 bits per heavy atom. The van der Waals surface area contributed by atoms with Gasteiger partial charge in [0.05, 0.1) is 0 Å². The van der Waals surface area contributed by atoms with E-state index in [0.29, 0.717) is 5.84 Å². The van der Waals surface area contributed by atoms with Crippen molar-refractivity contribution in [1.29, 1.82) is 0 Å². The molecule has 0 bridgehead atoms. The number of oxime groups is 1. The summed E-state index contributed by atoms with van der Waals surface area (Å²) in [6, 6.07) is 6.32. The number of nitrogens with zero attached hydrogens (tertiary/aromatic N) is 1. The van der Waals surface area contributed by atoms with Crippen LogP contribution < -0.4 is 11.1 Å². The van der Waals surface area contributed by atoms with E-state index in [-0.39, 0.29) is 5.41 Å². The van der Waals surface area contributed by atoms with Crippen molar-refractivity contribution in [1.82, 2.24) is 0 Å². The maximum atomic E-state index is 8.73. The number of hydrogen-bond donors (Lipinski definition) is 3. The molecule has 0 aliphatic rings. The minimum absolute atomic E-state index is 0.243. The van der Waals surface area contributed by atoms with Gasteiger partial charge in [-0.15, -0.1) is 0 Å². The van der Waals surface area contributed by atoms with E-state index in [0.717, 1.165) is 25.8 Å². The highest BCUT2D eigenvalue weighted by Gasteiger charge is 2.22. The number of benzene rings is 1. The van der Waals surface area contributed by atoms with Gasteiger partial charge in [0.15, 0.2) is 0 Å². The molecular formula is C16H27N3O. The minimum Gasteiger partial charge on any atom is -0.409 e. The summed E-state index contributed by atoms with van der Waals surface area (Å²) in [6.07, 6.45) is 3.02. The number of unbranched alkanes of at least 4 members (excludes halogenated alkanes) is 1. The lowest BCUT2D eigenvalue weighted by atomic mass is 9.86. The van der Waals surface area contributed by atoms with Gasteiger partial charge in [-0.1, -0.05) is 43.6 Å². The van der Waals surface area contributed by atoms with Crippen LogP contribution in [0.5, 0.6) is 0 Å². The molecule has 0 atom stereocenters. The number of hydrogen-bond acceptors (Lipinski definition) is 3. The Bertz CT molecular complexity index is 447. The van der Waals surface area contributed by atoms with Crippen molar-refractivity contribution < 1.29 is 5.21 Å². The molecule has 1 aromatic carbocycles. The molecule has 0 radical (unpaired) electrons. The zero-order valence-corrected chi connectivity index (χ0v) is 13.0. The maximum Gasteiger partial charge on any atom is 0.144 e. The van der Waals surface area contributed by atoms with Gasteiger partial charge in [0, 0.05) is 17.6 Å². The molecule has 0 unspecified atom stereocenters. The molecule has 0 aliphatic carbocycles. The third-order valence-corrected chi connectivity index (χ3v) is 3.81. The molecule has 4 N–H and O–H groups in total. The first-order valence-corrected chi connectivity index (χ1v) is 7.16. The second-order valence-electron chi connectivity index (χ2n) is 6.02. The Morgan fingerprint density at radius 1 is 1.25 bits per heavy atom. The summed E-state index contributed by atoms with van der Waals surface area (Å²) in [4.78, 5) is 0. The van der Waals surface area contributed by atoms with Crippen molar-refractivity contribution in [2.75, 3.05) is 11.9 Å². The van der Waals surface area contributed by atoms with Crippen LogP contribution in [0.2, 0.25) is 0 Å². The molecule has 0 amide bonds. The van der Waals surface area contributed by atoms with E-state index in [9.17, 15) is 0 Å². The van der Waals surface area contributed by atoms with Crippen molar-refractivity contribution in [3.05, 3.63) is 29.3 Å². The molecule has 1 rings (SSSR count). The molecule has 112 valence electrons. The summed E-state index contributed by atoms with van der Waals surface area (Å²) in [7, 11) is 0. The predicted octanol–water partition coefficient (Wildman–Crippen LogP) is 3.66. The number of nitrogens with two attached hydrogens (primary N) is 1. The quantitative estimate of drug-likeness (QED) is 0.234. The third kappa shape index (κ3) is 4.44. The highest BCUT2D eigenvalue weighted by atomic mass is 16.4. The fraction of sp³-hybridized carbons (Fsp3) is 0.562. The molecule has 4 nitrogen and oxygen atoms in total. The molecule has 4 heteroatoms. The zero-order valence-electron chi connectivity index (χ0n) is 13.0. The van der Waals surface area contributed by atoms with E-state index < -0.39 is 0 Å². The van der Waals surface area contributed by atoms with Crippen LogP contribution in [0.1, 0.15) is 44.2 Å². The van der Waals surface area contributed by atoms with Gasteiger partial charge in [-0.2, -0.15) is 0 Å². The first-order chi connectivity index (χ1) is 9.38. The molecule has 0 heterocycles. The van der Waals surface area contributed by atoms with Gasteiger partial charge in [-0.25, -0.2) is 0 Å². The molecule has 20 heavy (non-hydrogen) atoms. The lowest BCUT2D eigenvalue weighted by Gasteiger charge is -2.22. The van der Waals surface area contributed by atoms with E-state index in [1.165, 1.54) is 16.8 Å². The number of anilines is 1. The fourth-order valence-corrected chi connectivity index (χ4v) is 2.26. The molecule has 0 spiro atoms. The lowest BCUT2D eigenvalue weighted by molar-refractivity contribution is 0.304. The number of rotatable bonds is 7.